The topological polar surface area (TPSA) is 47.4 Å². The molecular formula is C19H23N3O2. The van der Waals surface area contributed by atoms with E-state index in [2.05, 4.69) is 9.88 Å². The highest BCUT2D eigenvalue weighted by Gasteiger charge is 2.26. The van der Waals surface area contributed by atoms with Crippen molar-refractivity contribution in [1.82, 2.24) is 14.5 Å². The third-order valence-electron chi connectivity index (χ3n) is 5.21. The molecule has 2 aromatic heterocycles. The summed E-state index contributed by atoms with van der Waals surface area (Å²) in [7, 11) is 0. The minimum absolute atomic E-state index is 0.0863. The quantitative estimate of drug-likeness (QED) is 0.858. The Bertz CT molecular complexity index is 751. The summed E-state index contributed by atoms with van der Waals surface area (Å²) in [6, 6.07) is 8.23. The molecular weight excluding hydrogens is 302 g/mol. The molecule has 0 aromatic carbocycles. The Hall–Kier alpha value is -1.98. The van der Waals surface area contributed by atoms with E-state index in [0.29, 0.717) is 12.6 Å². The first-order valence-corrected chi connectivity index (χ1v) is 8.73. The Morgan fingerprint density at radius 1 is 1.12 bits per heavy atom. The summed E-state index contributed by atoms with van der Waals surface area (Å²) in [5, 5.41) is 0. The summed E-state index contributed by atoms with van der Waals surface area (Å²) >= 11 is 0. The molecule has 1 fully saturated rings. The third kappa shape index (κ3) is 3.14. The van der Waals surface area contributed by atoms with Crippen molar-refractivity contribution in [2.45, 2.75) is 31.8 Å². The molecule has 4 rings (SSSR count). The minimum Gasteiger partial charge on any atom is -0.380 e. The van der Waals surface area contributed by atoms with Crippen molar-refractivity contribution in [3.63, 3.8) is 0 Å². The van der Waals surface area contributed by atoms with Gasteiger partial charge in [0.1, 0.15) is 0 Å². The van der Waals surface area contributed by atoms with Crippen molar-refractivity contribution in [3.8, 4) is 0 Å². The van der Waals surface area contributed by atoms with Crippen LogP contribution in [0.1, 0.15) is 23.2 Å². The number of hydrogen-bond acceptors (Lipinski definition) is 4. The fourth-order valence-electron chi connectivity index (χ4n) is 3.83. The molecule has 0 N–H and O–H groups in total. The summed E-state index contributed by atoms with van der Waals surface area (Å²) in [5.74, 6) is 0. The van der Waals surface area contributed by atoms with Crippen LogP contribution in [0.2, 0.25) is 0 Å². The number of fused-ring (bicyclic) bond motifs is 1. The second-order valence-corrected chi connectivity index (χ2v) is 6.64. The first kappa shape index (κ1) is 15.5. The van der Waals surface area contributed by atoms with Gasteiger partial charge < -0.3 is 9.30 Å². The number of nitrogens with zero attached hydrogens (tertiary/aromatic N) is 3. The zero-order chi connectivity index (χ0) is 16.4. The standard InChI is InChI=1S/C19H23N3O2/c23-19-2-1-16-5-10-21(17-7-12-24-14-17)11-6-18(16)22(19)13-15-3-8-20-9-4-15/h1-4,8-9,17H,5-7,10-14H2. The van der Waals surface area contributed by atoms with Crippen molar-refractivity contribution in [3.05, 3.63) is 63.8 Å². The molecule has 0 saturated carbocycles. The molecule has 2 aromatic rings. The Morgan fingerprint density at radius 2 is 1.96 bits per heavy atom. The van der Waals surface area contributed by atoms with Gasteiger partial charge in [-0.05, 0) is 36.1 Å². The SMILES string of the molecule is O=c1ccc2c(n1Cc1ccncc1)CCN(C1CCOC1)CC2. The second kappa shape index (κ2) is 6.87. The van der Waals surface area contributed by atoms with E-state index in [1.54, 1.807) is 18.5 Å². The third-order valence-corrected chi connectivity index (χ3v) is 5.21. The molecule has 4 heterocycles. The average molecular weight is 325 g/mol. The van der Waals surface area contributed by atoms with Gasteiger partial charge in [0.2, 0.25) is 0 Å². The van der Waals surface area contributed by atoms with E-state index in [9.17, 15) is 4.79 Å². The number of ether oxygens (including phenoxy) is 1. The molecule has 1 saturated heterocycles. The highest BCUT2D eigenvalue weighted by molar-refractivity contribution is 5.25. The summed E-state index contributed by atoms with van der Waals surface area (Å²) < 4.78 is 7.49. The maximum absolute atomic E-state index is 12.5. The van der Waals surface area contributed by atoms with Gasteiger partial charge in [-0.3, -0.25) is 14.7 Å². The van der Waals surface area contributed by atoms with Gasteiger partial charge in [0.25, 0.3) is 5.56 Å². The molecule has 126 valence electrons. The molecule has 0 bridgehead atoms. The van der Waals surface area contributed by atoms with Crippen LogP contribution in [0, 0.1) is 0 Å². The molecule has 0 radical (unpaired) electrons. The number of hydrogen-bond donors (Lipinski definition) is 0. The molecule has 2 aliphatic heterocycles. The van der Waals surface area contributed by atoms with E-state index in [1.165, 1.54) is 11.3 Å². The van der Waals surface area contributed by atoms with Crippen molar-refractivity contribution >= 4 is 0 Å². The van der Waals surface area contributed by atoms with E-state index >= 15 is 0 Å². The first-order valence-electron chi connectivity index (χ1n) is 8.73. The molecule has 0 amide bonds. The molecule has 1 unspecified atom stereocenters. The molecule has 1 atom stereocenters. The Balaban J connectivity index is 1.60. The van der Waals surface area contributed by atoms with Crippen molar-refractivity contribution in [2.75, 3.05) is 26.3 Å². The van der Waals surface area contributed by atoms with Gasteiger partial charge in [0.15, 0.2) is 0 Å². The zero-order valence-electron chi connectivity index (χ0n) is 13.9. The number of pyridine rings is 2. The molecule has 5 heteroatoms. The van der Waals surface area contributed by atoms with Crippen LogP contribution in [0.5, 0.6) is 0 Å². The maximum Gasteiger partial charge on any atom is 0.251 e. The molecule has 0 aliphatic carbocycles. The lowest BCUT2D eigenvalue weighted by atomic mass is 10.1. The van der Waals surface area contributed by atoms with Crippen LogP contribution < -0.4 is 5.56 Å². The predicted octanol–water partition coefficient (Wildman–Crippen LogP) is 1.48. The van der Waals surface area contributed by atoms with E-state index < -0.39 is 0 Å². The second-order valence-electron chi connectivity index (χ2n) is 6.64. The van der Waals surface area contributed by atoms with E-state index in [1.807, 2.05) is 22.8 Å². The number of aromatic nitrogens is 2. The van der Waals surface area contributed by atoms with Gasteiger partial charge >= 0.3 is 0 Å². The highest BCUT2D eigenvalue weighted by Crippen LogP contribution is 2.20. The van der Waals surface area contributed by atoms with Crippen LogP contribution in [0.25, 0.3) is 0 Å². The fraction of sp³-hybridized carbons (Fsp3) is 0.474. The van der Waals surface area contributed by atoms with Gasteiger partial charge in [-0.2, -0.15) is 0 Å². The molecule has 24 heavy (non-hydrogen) atoms. The smallest absolute Gasteiger partial charge is 0.251 e. The van der Waals surface area contributed by atoms with Crippen molar-refractivity contribution < 1.29 is 4.74 Å². The summed E-state index contributed by atoms with van der Waals surface area (Å²) in [5.41, 5.74) is 3.71. The van der Waals surface area contributed by atoms with Gasteiger partial charge in [-0.15, -0.1) is 0 Å². The van der Waals surface area contributed by atoms with E-state index in [4.69, 9.17) is 4.74 Å². The van der Waals surface area contributed by atoms with Gasteiger partial charge in [0.05, 0.1) is 13.2 Å². The zero-order valence-corrected chi connectivity index (χ0v) is 13.9. The predicted molar refractivity (Wildman–Crippen MR) is 92.2 cm³/mol. The van der Waals surface area contributed by atoms with Crippen molar-refractivity contribution in [1.29, 1.82) is 0 Å². The van der Waals surface area contributed by atoms with Crippen LogP contribution >= 0.6 is 0 Å². The van der Waals surface area contributed by atoms with Crippen LogP contribution in [-0.4, -0.2) is 46.8 Å². The average Bonchev–Trinajstić information content (AvgIpc) is 3.06. The van der Waals surface area contributed by atoms with E-state index in [-0.39, 0.29) is 5.56 Å². The van der Waals surface area contributed by atoms with Gasteiger partial charge in [-0.25, -0.2) is 0 Å². The van der Waals surface area contributed by atoms with Crippen LogP contribution in [-0.2, 0) is 24.1 Å². The minimum atomic E-state index is 0.0863. The summed E-state index contributed by atoms with van der Waals surface area (Å²) in [6.07, 6.45) is 6.61. The fourth-order valence-corrected chi connectivity index (χ4v) is 3.83. The van der Waals surface area contributed by atoms with Crippen LogP contribution in [0.3, 0.4) is 0 Å². The van der Waals surface area contributed by atoms with E-state index in [0.717, 1.165) is 51.1 Å². The first-order chi connectivity index (χ1) is 11.8. The lowest BCUT2D eigenvalue weighted by Crippen LogP contribution is -2.37. The highest BCUT2D eigenvalue weighted by atomic mass is 16.5. The largest absolute Gasteiger partial charge is 0.380 e. The Labute approximate surface area is 141 Å². The Morgan fingerprint density at radius 3 is 2.75 bits per heavy atom. The number of rotatable bonds is 3. The lowest BCUT2D eigenvalue weighted by molar-refractivity contribution is 0.146. The monoisotopic (exact) mass is 325 g/mol. The van der Waals surface area contributed by atoms with Gasteiger partial charge in [0, 0.05) is 56.3 Å². The summed E-state index contributed by atoms with van der Waals surface area (Å²) in [6.45, 7) is 4.40. The molecule has 2 aliphatic rings. The van der Waals surface area contributed by atoms with Crippen LogP contribution in [0.4, 0.5) is 0 Å². The van der Waals surface area contributed by atoms with Crippen molar-refractivity contribution in [2.24, 2.45) is 0 Å². The lowest BCUT2D eigenvalue weighted by Gasteiger charge is -2.25. The normalized spacial score (nSPS) is 21.4. The Kier molecular flexibility index (Phi) is 4.45. The molecule has 0 spiro atoms. The van der Waals surface area contributed by atoms with Crippen LogP contribution in [0.15, 0.2) is 41.5 Å². The van der Waals surface area contributed by atoms with Gasteiger partial charge in [-0.1, -0.05) is 6.07 Å². The summed E-state index contributed by atoms with van der Waals surface area (Å²) in [4.78, 5) is 19.1. The molecule has 5 nitrogen and oxygen atoms in total. The maximum atomic E-state index is 12.5.